The Morgan fingerprint density at radius 3 is 2.95 bits per heavy atom. The summed E-state index contributed by atoms with van der Waals surface area (Å²) in [5, 5.41) is 0. The lowest BCUT2D eigenvalue weighted by atomic mass is 10.1. The maximum absolute atomic E-state index is 5.57. The third-order valence-electron chi connectivity index (χ3n) is 3.35. The molecule has 6 nitrogen and oxygen atoms in total. The molecular formula is C13H12N4O2S. The molecule has 2 aliphatic heterocycles. The van der Waals surface area contributed by atoms with Crippen LogP contribution < -0.4 is 20.7 Å². The van der Waals surface area contributed by atoms with Gasteiger partial charge in [-0.3, -0.25) is 0 Å². The van der Waals surface area contributed by atoms with Crippen molar-refractivity contribution < 1.29 is 9.47 Å². The number of benzene rings is 1. The number of fused-ring (bicyclic) bond motifs is 2. The molecule has 0 unspecified atom stereocenters. The fourth-order valence-electron chi connectivity index (χ4n) is 2.34. The van der Waals surface area contributed by atoms with Crippen molar-refractivity contribution in [3.63, 3.8) is 0 Å². The van der Waals surface area contributed by atoms with Crippen LogP contribution in [0.2, 0.25) is 0 Å². The second-order valence-electron chi connectivity index (χ2n) is 4.53. The van der Waals surface area contributed by atoms with Crippen LogP contribution in [0.25, 0.3) is 11.4 Å². The fourth-order valence-corrected chi connectivity index (χ4v) is 3.38. The molecule has 2 aliphatic rings. The predicted molar refractivity (Wildman–Crippen MR) is 76.4 cm³/mol. The highest BCUT2D eigenvalue weighted by atomic mass is 32.2. The smallest absolute Gasteiger partial charge is 0.231 e. The number of ether oxygens (including phenoxy) is 2. The van der Waals surface area contributed by atoms with Crippen molar-refractivity contribution >= 4 is 17.6 Å². The monoisotopic (exact) mass is 288 g/mol. The molecule has 0 fully saturated rings. The Hall–Kier alpha value is -1.99. The van der Waals surface area contributed by atoms with E-state index in [9.17, 15) is 0 Å². The van der Waals surface area contributed by atoms with E-state index in [1.54, 1.807) is 0 Å². The highest BCUT2D eigenvalue weighted by molar-refractivity contribution is 7.98. The zero-order chi connectivity index (χ0) is 13.5. The topological polar surface area (TPSA) is 82.3 Å². The minimum atomic E-state index is 0.260. The van der Waals surface area contributed by atoms with Gasteiger partial charge in [0.1, 0.15) is 5.82 Å². The number of thioether (sulfide) groups is 1. The molecule has 7 heteroatoms. The lowest BCUT2D eigenvalue weighted by molar-refractivity contribution is 0.174. The largest absolute Gasteiger partial charge is 0.454 e. The molecule has 1 aromatic carbocycles. The third kappa shape index (κ3) is 1.78. The summed E-state index contributed by atoms with van der Waals surface area (Å²) in [6.45, 7) is 0.260. The molecule has 3 N–H and O–H groups in total. The molecule has 1 aromatic heterocycles. The number of hydrazine groups is 1. The van der Waals surface area contributed by atoms with E-state index >= 15 is 0 Å². The molecule has 20 heavy (non-hydrogen) atoms. The van der Waals surface area contributed by atoms with Gasteiger partial charge in [-0.2, -0.15) is 11.8 Å². The fraction of sp³-hybridized carbons (Fsp3) is 0.231. The summed E-state index contributed by atoms with van der Waals surface area (Å²) >= 11 is 1.81. The van der Waals surface area contributed by atoms with Crippen molar-refractivity contribution in [1.29, 1.82) is 0 Å². The Labute approximate surface area is 119 Å². The van der Waals surface area contributed by atoms with E-state index < -0.39 is 0 Å². The number of nitrogen functional groups attached to an aromatic ring is 1. The van der Waals surface area contributed by atoms with E-state index in [0.29, 0.717) is 11.6 Å². The first-order valence-electron chi connectivity index (χ1n) is 6.19. The molecule has 3 heterocycles. The number of aromatic nitrogens is 2. The van der Waals surface area contributed by atoms with Gasteiger partial charge in [-0.05, 0) is 18.2 Å². The van der Waals surface area contributed by atoms with Crippen LogP contribution >= 0.6 is 11.8 Å². The van der Waals surface area contributed by atoms with Crippen LogP contribution in [-0.2, 0) is 11.5 Å². The maximum Gasteiger partial charge on any atom is 0.231 e. The highest BCUT2D eigenvalue weighted by Crippen LogP contribution is 2.37. The number of anilines is 1. The SMILES string of the molecule is NNc1nc(-c2ccc3c(c2)OCO3)nc2c1CSC2. The summed E-state index contributed by atoms with van der Waals surface area (Å²) < 4.78 is 10.7. The molecule has 0 saturated carbocycles. The lowest BCUT2D eigenvalue weighted by Gasteiger charge is -2.09. The Bertz CT molecular complexity index is 692. The van der Waals surface area contributed by atoms with Crippen LogP contribution in [0.5, 0.6) is 11.5 Å². The van der Waals surface area contributed by atoms with Crippen LogP contribution in [0.15, 0.2) is 18.2 Å². The summed E-state index contributed by atoms with van der Waals surface area (Å²) in [6, 6.07) is 5.70. The van der Waals surface area contributed by atoms with Gasteiger partial charge in [-0.25, -0.2) is 15.8 Å². The van der Waals surface area contributed by atoms with Crippen molar-refractivity contribution in [3.05, 3.63) is 29.5 Å². The number of hydrogen-bond donors (Lipinski definition) is 2. The highest BCUT2D eigenvalue weighted by Gasteiger charge is 2.21. The molecule has 0 atom stereocenters. The van der Waals surface area contributed by atoms with E-state index in [-0.39, 0.29) is 6.79 Å². The van der Waals surface area contributed by atoms with Crippen molar-refractivity contribution in [2.45, 2.75) is 11.5 Å². The number of rotatable bonds is 2. The van der Waals surface area contributed by atoms with E-state index in [1.807, 2.05) is 30.0 Å². The third-order valence-corrected chi connectivity index (χ3v) is 4.32. The average Bonchev–Trinajstić information content (AvgIpc) is 3.13. The van der Waals surface area contributed by atoms with E-state index in [0.717, 1.165) is 39.8 Å². The second-order valence-corrected chi connectivity index (χ2v) is 5.51. The molecule has 0 aliphatic carbocycles. The first-order valence-corrected chi connectivity index (χ1v) is 7.35. The van der Waals surface area contributed by atoms with Gasteiger partial charge in [-0.15, -0.1) is 0 Å². The Morgan fingerprint density at radius 1 is 1.15 bits per heavy atom. The van der Waals surface area contributed by atoms with Crippen LogP contribution in [-0.4, -0.2) is 16.8 Å². The number of hydrogen-bond acceptors (Lipinski definition) is 7. The summed E-state index contributed by atoms with van der Waals surface area (Å²) in [5.74, 6) is 10.2. The van der Waals surface area contributed by atoms with Gasteiger partial charge in [-0.1, -0.05) is 0 Å². The molecule has 0 radical (unpaired) electrons. The number of nitrogens with one attached hydrogen (secondary N) is 1. The molecule has 4 rings (SSSR count). The number of nitrogens with zero attached hydrogens (tertiary/aromatic N) is 2. The van der Waals surface area contributed by atoms with Crippen LogP contribution in [0.4, 0.5) is 5.82 Å². The average molecular weight is 288 g/mol. The Balaban J connectivity index is 1.82. The molecule has 102 valence electrons. The van der Waals surface area contributed by atoms with Gasteiger partial charge in [0.2, 0.25) is 6.79 Å². The van der Waals surface area contributed by atoms with Gasteiger partial charge in [0.25, 0.3) is 0 Å². The Morgan fingerprint density at radius 2 is 2.05 bits per heavy atom. The molecule has 0 saturated heterocycles. The summed E-state index contributed by atoms with van der Waals surface area (Å²) in [6.07, 6.45) is 0. The van der Waals surface area contributed by atoms with Gasteiger partial charge in [0, 0.05) is 22.6 Å². The van der Waals surface area contributed by atoms with E-state index in [1.165, 1.54) is 0 Å². The summed E-state index contributed by atoms with van der Waals surface area (Å²) in [5.41, 5.74) is 5.71. The Kier molecular flexibility index (Phi) is 2.68. The standard InChI is InChI=1S/C13H12N4O2S/c14-17-13-8-4-20-5-9(8)15-12(16-13)7-1-2-10-11(3-7)19-6-18-10/h1-3H,4-6,14H2,(H,15,16,17). The summed E-state index contributed by atoms with van der Waals surface area (Å²) in [4.78, 5) is 9.14. The molecule has 0 bridgehead atoms. The first-order chi connectivity index (χ1) is 9.85. The molecule has 0 amide bonds. The maximum atomic E-state index is 5.57. The van der Waals surface area contributed by atoms with Crippen molar-refractivity contribution in [2.24, 2.45) is 5.84 Å². The van der Waals surface area contributed by atoms with E-state index in [4.69, 9.17) is 15.3 Å². The van der Waals surface area contributed by atoms with Crippen molar-refractivity contribution in [2.75, 3.05) is 12.2 Å². The molecule has 2 aromatic rings. The van der Waals surface area contributed by atoms with Crippen molar-refractivity contribution in [1.82, 2.24) is 9.97 Å². The zero-order valence-corrected chi connectivity index (χ0v) is 11.4. The van der Waals surface area contributed by atoms with Crippen molar-refractivity contribution in [3.8, 4) is 22.9 Å². The predicted octanol–water partition coefficient (Wildman–Crippen LogP) is 1.90. The quantitative estimate of drug-likeness (QED) is 0.645. The van der Waals surface area contributed by atoms with Gasteiger partial charge >= 0.3 is 0 Å². The normalized spacial score (nSPS) is 15.2. The molecule has 0 spiro atoms. The lowest BCUT2D eigenvalue weighted by Crippen LogP contribution is -2.12. The van der Waals surface area contributed by atoms with Crippen LogP contribution in [0.3, 0.4) is 0 Å². The van der Waals surface area contributed by atoms with Gasteiger partial charge < -0.3 is 14.9 Å². The zero-order valence-electron chi connectivity index (χ0n) is 10.5. The van der Waals surface area contributed by atoms with Crippen LogP contribution in [0.1, 0.15) is 11.3 Å². The van der Waals surface area contributed by atoms with E-state index in [2.05, 4.69) is 15.4 Å². The first kappa shape index (κ1) is 11.8. The van der Waals surface area contributed by atoms with Crippen LogP contribution in [0, 0.1) is 0 Å². The molecular weight excluding hydrogens is 276 g/mol. The number of nitrogens with two attached hydrogens (primary N) is 1. The second kappa shape index (κ2) is 4.53. The summed E-state index contributed by atoms with van der Waals surface area (Å²) in [7, 11) is 0. The minimum absolute atomic E-state index is 0.260. The minimum Gasteiger partial charge on any atom is -0.454 e. The van der Waals surface area contributed by atoms with Gasteiger partial charge in [0.15, 0.2) is 17.3 Å². The van der Waals surface area contributed by atoms with Gasteiger partial charge in [0.05, 0.1) is 5.69 Å².